The Hall–Kier alpha value is -1.36. The Morgan fingerprint density at radius 2 is 2.40 bits per heavy atom. The van der Waals surface area contributed by atoms with Crippen molar-refractivity contribution < 1.29 is 9.53 Å². The van der Waals surface area contributed by atoms with Crippen LogP contribution in [-0.4, -0.2) is 54.9 Å². The van der Waals surface area contributed by atoms with Gasteiger partial charge in [-0.05, 0) is 13.0 Å². The van der Waals surface area contributed by atoms with Crippen molar-refractivity contribution in [2.24, 2.45) is 10.7 Å². The van der Waals surface area contributed by atoms with E-state index in [2.05, 4.69) is 25.8 Å². The predicted octanol–water partition coefficient (Wildman–Crippen LogP) is -0.303. The van der Waals surface area contributed by atoms with Crippen LogP contribution >= 0.6 is 24.0 Å². The van der Waals surface area contributed by atoms with Gasteiger partial charge in [-0.2, -0.15) is 5.10 Å². The van der Waals surface area contributed by atoms with Gasteiger partial charge in [0.05, 0.1) is 13.2 Å². The summed E-state index contributed by atoms with van der Waals surface area (Å²) < 4.78 is 4.96. The number of aliphatic imine (C=N–C) groups is 1. The Morgan fingerprint density at radius 1 is 1.65 bits per heavy atom. The van der Waals surface area contributed by atoms with Gasteiger partial charge in [0.2, 0.25) is 0 Å². The number of guanidine groups is 1. The van der Waals surface area contributed by atoms with Gasteiger partial charge in [0.1, 0.15) is 5.69 Å². The van der Waals surface area contributed by atoms with Gasteiger partial charge in [-0.15, -0.1) is 24.0 Å². The number of hydrogen-bond acceptors (Lipinski definition) is 4. The predicted molar refractivity (Wildman–Crippen MR) is 87.3 cm³/mol. The second-order valence-corrected chi connectivity index (χ2v) is 3.99. The standard InChI is InChI=1S/C11H20N6O2.HI/c1-8(7-19-2)16-11(12)14-6-5-13-10(18)9-3-4-15-17-9;/h3-4,8H,5-7H2,1-2H3,(H,13,18)(H,15,17)(H3,12,14,16);1H. The number of nitrogens with zero attached hydrogens (tertiary/aromatic N) is 2. The lowest BCUT2D eigenvalue weighted by Crippen LogP contribution is -2.41. The van der Waals surface area contributed by atoms with E-state index in [1.807, 2.05) is 6.92 Å². The van der Waals surface area contributed by atoms with Crippen LogP contribution in [0.1, 0.15) is 17.4 Å². The van der Waals surface area contributed by atoms with Crippen LogP contribution in [0.5, 0.6) is 0 Å². The first-order valence-corrected chi connectivity index (χ1v) is 5.96. The van der Waals surface area contributed by atoms with Gasteiger partial charge in [-0.25, -0.2) is 0 Å². The lowest BCUT2D eigenvalue weighted by atomic mass is 10.4. The fourth-order valence-corrected chi connectivity index (χ4v) is 1.41. The van der Waals surface area contributed by atoms with Gasteiger partial charge in [-0.1, -0.05) is 0 Å². The highest BCUT2D eigenvalue weighted by molar-refractivity contribution is 14.0. The molecule has 0 spiro atoms. The first kappa shape index (κ1) is 18.6. The summed E-state index contributed by atoms with van der Waals surface area (Å²) in [5.41, 5.74) is 6.09. The minimum atomic E-state index is -0.216. The van der Waals surface area contributed by atoms with Crippen molar-refractivity contribution in [1.29, 1.82) is 0 Å². The van der Waals surface area contributed by atoms with E-state index >= 15 is 0 Å². The van der Waals surface area contributed by atoms with E-state index in [4.69, 9.17) is 10.5 Å². The van der Waals surface area contributed by atoms with Crippen LogP contribution in [0.4, 0.5) is 0 Å². The molecule has 1 unspecified atom stereocenters. The van der Waals surface area contributed by atoms with E-state index in [9.17, 15) is 4.79 Å². The van der Waals surface area contributed by atoms with E-state index in [-0.39, 0.29) is 35.9 Å². The highest BCUT2D eigenvalue weighted by atomic mass is 127. The van der Waals surface area contributed by atoms with Crippen molar-refractivity contribution >= 4 is 35.8 Å². The molecule has 0 aromatic carbocycles. The maximum absolute atomic E-state index is 11.5. The molecule has 5 N–H and O–H groups in total. The molecule has 1 aromatic rings. The van der Waals surface area contributed by atoms with Crippen molar-refractivity contribution in [3.05, 3.63) is 18.0 Å². The molecule has 0 aliphatic heterocycles. The van der Waals surface area contributed by atoms with Crippen LogP contribution < -0.4 is 16.4 Å². The molecule has 0 saturated carbocycles. The Balaban J connectivity index is 0.00000361. The number of nitrogens with one attached hydrogen (secondary N) is 3. The van der Waals surface area contributed by atoms with Crippen LogP contribution in [0.2, 0.25) is 0 Å². The number of hydrogen-bond donors (Lipinski definition) is 4. The smallest absolute Gasteiger partial charge is 0.269 e. The molecular formula is C11H21IN6O2. The zero-order chi connectivity index (χ0) is 14.1. The van der Waals surface area contributed by atoms with E-state index in [0.717, 1.165) is 0 Å². The summed E-state index contributed by atoms with van der Waals surface area (Å²) in [5.74, 6) is 0.118. The summed E-state index contributed by atoms with van der Waals surface area (Å²) in [5, 5.41) is 11.9. The average Bonchev–Trinajstić information content (AvgIpc) is 2.88. The summed E-state index contributed by atoms with van der Waals surface area (Å²) in [6.07, 6.45) is 1.52. The molecule has 0 fully saturated rings. The third-order valence-corrected chi connectivity index (χ3v) is 2.24. The topological polar surface area (TPSA) is 117 Å². The molecule has 1 rings (SSSR count). The number of aromatic amines is 1. The number of aromatic nitrogens is 2. The van der Waals surface area contributed by atoms with Crippen molar-refractivity contribution in [1.82, 2.24) is 20.8 Å². The lowest BCUT2D eigenvalue weighted by Gasteiger charge is -2.13. The Morgan fingerprint density at radius 3 is 3.00 bits per heavy atom. The van der Waals surface area contributed by atoms with Crippen LogP contribution in [0.3, 0.4) is 0 Å². The zero-order valence-corrected chi connectivity index (χ0v) is 13.9. The summed E-state index contributed by atoms with van der Waals surface area (Å²) in [7, 11) is 1.62. The summed E-state index contributed by atoms with van der Waals surface area (Å²) in [6.45, 7) is 3.29. The highest BCUT2D eigenvalue weighted by Gasteiger charge is 2.05. The first-order valence-electron chi connectivity index (χ1n) is 5.96. The Labute approximate surface area is 135 Å². The second kappa shape index (κ2) is 10.4. The van der Waals surface area contributed by atoms with Crippen LogP contribution in [0.15, 0.2) is 17.3 Å². The van der Waals surface area contributed by atoms with Gasteiger partial charge < -0.3 is 21.1 Å². The Kier molecular flexibility index (Phi) is 9.72. The number of carbonyl (C=O) groups excluding carboxylic acids is 1. The van der Waals surface area contributed by atoms with Gasteiger partial charge in [0, 0.05) is 25.9 Å². The molecule has 0 bridgehead atoms. The molecule has 20 heavy (non-hydrogen) atoms. The molecule has 0 aliphatic rings. The van der Waals surface area contributed by atoms with Crippen molar-refractivity contribution in [2.75, 3.05) is 26.8 Å². The zero-order valence-electron chi connectivity index (χ0n) is 11.5. The van der Waals surface area contributed by atoms with E-state index in [1.165, 1.54) is 6.20 Å². The number of halogens is 1. The van der Waals surface area contributed by atoms with Crippen molar-refractivity contribution in [2.45, 2.75) is 13.0 Å². The third-order valence-electron chi connectivity index (χ3n) is 2.24. The second-order valence-electron chi connectivity index (χ2n) is 3.99. The number of ether oxygens (including phenoxy) is 1. The van der Waals surface area contributed by atoms with Gasteiger partial charge in [0.25, 0.3) is 5.91 Å². The largest absolute Gasteiger partial charge is 0.383 e. The molecule has 0 saturated heterocycles. The van der Waals surface area contributed by atoms with Crippen LogP contribution in [0, 0.1) is 0 Å². The monoisotopic (exact) mass is 396 g/mol. The molecule has 1 atom stereocenters. The van der Waals surface area contributed by atoms with Crippen LogP contribution in [-0.2, 0) is 4.74 Å². The van der Waals surface area contributed by atoms with Gasteiger partial charge in [-0.3, -0.25) is 14.9 Å². The number of carbonyl (C=O) groups is 1. The maximum Gasteiger partial charge on any atom is 0.269 e. The molecule has 0 aliphatic carbocycles. The summed E-state index contributed by atoms with van der Waals surface area (Å²) in [4.78, 5) is 15.6. The molecule has 8 nitrogen and oxygen atoms in total. The van der Waals surface area contributed by atoms with E-state index in [1.54, 1.807) is 13.2 Å². The summed E-state index contributed by atoms with van der Waals surface area (Å²) >= 11 is 0. The highest BCUT2D eigenvalue weighted by Crippen LogP contribution is 1.89. The maximum atomic E-state index is 11.5. The molecule has 1 amide bonds. The molecule has 0 radical (unpaired) electrons. The fraction of sp³-hybridized carbons (Fsp3) is 0.545. The van der Waals surface area contributed by atoms with Crippen molar-refractivity contribution in [3.63, 3.8) is 0 Å². The van der Waals surface area contributed by atoms with Crippen LogP contribution in [0.25, 0.3) is 0 Å². The van der Waals surface area contributed by atoms with Gasteiger partial charge >= 0.3 is 0 Å². The summed E-state index contributed by atoms with van der Waals surface area (Å²) in [6, 6.07) is 1.69. The molecule has 1 aromatic heterocycles. The first-order chi connectivity index (χ1) is 9.13. The number of methoxy groups -OCH3 is 1. The third kappa shape index (κ3) is 7.28. The molecule has 1 heterocycles. The van der Waals surface area contributed by atoms with Crippen molar-refractivity contribution in [3.8, 4) is 0 Å². The normalized spacial score (nSPS) is 12.4. The Bertz CT molecular complexity index is 409. The minimum Gasteiger partial charge on any atom is -0.383 e. The van der Waals surface area contributed by atoms with E-state index < -0.39 is 0 Å². The van der Waals surface area contributed by atoms with Gasteiger partial charge in [0.15, 0.2) is 5.96 Å². The quantitative estimate of drug-likeness (QED) is 0.219. The molecule has 114 valence electrons. The van der Waals surface area contributed by atoms with E-state index in [0.29, 0.717) is 31.3 Å². The SMILES string of the molecule is COCC(C)NC(N)=NCCNC(=O)c1ccn[nH]1.I. The number of amides is 1. The number of rotatable bonds is 7. The number of H-pyrrole nitrogens is 1. The fourth-order valence-electron chi connectivity index (χ4n) is 1.41. The number of nitrogens with two attached hydrogens (primary N) is 1. The average molecular weight is 396 g/mol. The lowest BCUT2D eigenvalue weighted by molar-refractivity contribution is 0.0950. The molecule has 9 heteroatoms. The minimum absolute atomic E-state index is 0. The molecular weight excluding hydrogens is 375 g/mol.